The van der Waals surface area contributed by atoms with Gasteiger partial charge in [-0.3, -0.25) is 4.79 Å². The minimum absolute atomic E-state index is 0.169. The summed E-state index contributed by atoms with van der Waals surface area (Å²) in [5.74, 6) is -0.205. The summed E-state index contributed by atoms with van der Waals surface area (Å²) in [5, 5.41) is 7.63. The Labute approximate surface area is 128 Å². The molecule has 2 aromatic carbocycles. The number of anilines is 1. The molecular weight excluding hydrogens is 286 g/mol. The van der Waals surface area contributed by atoms with E-state index in [1.165, 1.54) is 0 Å². The van der Waals surface area contributed by atoms with Crippen LogP contribution in [0, 0.1) is 6.92 Å². The third-order valence-electron chi connectivity index (χ3n) is 2.86. The zero-order valence-electron chi connectivity index (χ0n) is 11.6. The smallest absolute Gasteiger partial charge is 0.259 e. The third kappa shape index (κ3) is 4.93. The van der Waals surface area contributed by atoms with E-state index < -0.39 is 0 Å². The number of amides is 1. The van der Waals surface area contributed by atoms with Crippen molar-refractivity contribution in [3.8, 4) is 0 Å². The van der Waals surface area contributed by atoms with Gasteiger partial charge in [0, 0.05) is 10.7 Å². The van der Waals surface area contributed by atoms with Crippen LogP contribution in [0.3, 0.4) is 0 Å². The molecule has 4 nitrogen and oxygen atoms in total. The number of hydrazone groups is 1. The van der Waals surface area contributed by atoms with Crippen LogP contribution in [-0.4, -0.2) is 18.7 Å². The lowest BCUT2D eigenvalue weighted by atomic mass is 10.2. The highest BCUT2D eigenvalue weighted by Gasteiger charge is 2.00. The molecule has 0 radical (unpaired) electrons. The number of halogens is 1. The molecule has 0 saturated heterocycles. The molecule has 21 heavy (non-hydrogen) atoms. The first-order chi connectivity index (χ1) is 10.1. The fourth-order valence-electron chi connectivity index (χ4n) is 1.71. The standard InChI is InChI=1S/C16H16ClN3O/c1-12-4-2-3-5-15(12)18-11-16(21)20-19-10-13-6-8-14(17)9-7-13/h2-10,18H,11H2,1H3,(H,20,21)/b19-10-. The number of carbonyl (C=O) groups is 1. The monoisotopic (exact) mass is 301 g/mol. The molecule has 0 aliphatic heterocycles. The van der Waals surface area contributed by atoms with E-state index in [1.807, 2.05) is 43.3 Å². The molecule has 0 heterocycles. The van der Waals surface area contributed by atoms with Gasteiger partial charge in [0.1, 0.15) is 0 Å². The van der Waals surface area contributed by atoms with Gasteiger partial charge in [-0.2, -0.15) is 5.10 Å². The Morgan fingerprint density at radius 1 is 1.19 bits per heavy atom. The van der Waals surface area contributed by atoms with Crippen molar-refractivity contribution in [2.24, 2.45) is 5.10 Å². The van der Waals surface area contributed by atoms with Gasteiger partial charge in [-0.25, -0.2) is 5.43 Å². The van der Waals surface area contributed by atoms with Crippen molar-refractivity contribution in [3.05, 3.63) is 64.7 Å². The summed E-state index contributed by atoms with van der Waals surface area (Å²) < 4.78 is 0. The topological polar surface area (TPSA) is 53.5 Å². The molecule has 2 rings (SSSR count). The normalized spacial score (nSPS) is 10.6. The highest BCUT2D eigenvalue weighted by Crippen LogP contribution is 2.12. The summed E-state index contributed by atoms with van der Waals surface area (Å²) in [6.07, 6.45) is 1.57. The molecule has 0 unspecified atom stereocenters. The van der Waals surface area contributed by atoms with Crippen molar-refractivity contribution in [3.63, 3.8) is 0 Å². The number of nitrogens with one attached hydrogen (secondary N) is 2. The average Bonchev–Trinajstić information content (AvgIpc) is 2.48. The van der Waals surface area contributed by atoms with E-state index in [-0.39, 0.29) is 12.5 Å². The number of hydrogen-bond donors (Lipinski definition) is 2. The van der Waals surface area contributed by atoms with Crippen LogP contribution >= 0.6 is 11.6 Å². The van der Waals surface area contributed by atoms with Crippen molar-refractivity contribution in [1.82, 2.24) is 5.43 Å². The summed E-state index contributed by atoms with van der Waals surface area (Å²) >= 11 is 5.79. The second-order valence-corrected chi connectivity index (χ2v) is 4.95. The summed E-state index contributed by atoms with van der Waals surface area (Å²) in [6, 6.07) is 15.0. The molecule has 0 bridgehead atoms. The van der Waals surface area contributed by atoms with Gasteiger partial charge in [0.2, 0.25) is 0 Å². The van der Waals surface area contributed by atoms with Gasteiger partial charge in [0.15, 0.2) is 0 Å². The molecule has 0 aromatic heterocycles. The zero-order valence-corrected chi connectivity index (χ0v) is 12.4. The Bertz CT molecular complexity index is 638. The quantitative estimate of drug-likeness (QED) is 0.658. The van der Waals surface area contributed by atoms with Crippen molar-refractivity contribution < 1.29 is 4.79 Å². The minimum Gasteiger partial charge on any atom is -0.376 e. The van der Waals surface area contributed by atoms with E-state index in [0.29, 0.717) is 5.02 Å². The number of para-hydroxylation sites is 1. The van der Waals surface area contributed by atoms with Gasteiger partial charge >= 0.3 is 0 Å². The molecular formula is C16H16ClN3O. The first-order valence-corrected chi connectivity index (χ1v) is 6.90. The van der Waals surface area contributed by atoms with Gasteiger partial charge < -0.3 is 5.32 Å². The Morgan fingerprint density at radius 3 is 2.62 bits per heavy atom. The van der Waals surface area contributed by atoms with Gasteiger partial charge in [-0.05, 0) is 36.2 Å². The van der Waals surface area contributed by atoms with E-state index in [4.69, 9.17) is 11.6 Å². The molecule has 0 atom stereocenters. The van der Waals surface area contributed by atoms with Gasteiger partial charge in [0.25, 0.3) is 5.91 Å². The number of aryl methyl sites for hydroxylation is 1. The summed E-state index contributed by atoms with van der Waals surface area (Å²) in [6.45, 7) is 2.15. The number of rotatable bonds is 5. The SMILES string of the molecule is Cc1ccccc1NCC(=O)N/N=C\c1ccc(Cl)cc1. The molecule has 0 fully saturated rings. The van der Waals surface area contributed by atoms with Gasteiger partial charge in [0.05, 0.1) is 12.8 Å². The molecule has 0 aliphatic carbocycles. The molecule has 1 amide bonds. The number of carbonyl (C=O) groups excluding carboxylic acids is 1. The van der Waals surface area contributed by atoms with E-state index >= 15 is 0 Å². The van der Waals surface area contributed by atoms with Crippen LogP contribution in [-0.2, 0) is 4.79 Å². The van der Waals surface area contributed by atoms with Crippen molar-refractivity contribution in [1.29, 1.82) is 0 Å². The Kier molecular flexibility index (Phi) is 5.35. The second-order valence-electron chi connectivity index (χ2n) is 4.51. The Balaban J connectivity index is 1.80. The first kappa shape index (κ1) is 15.1. The van der Waals surface area contributed by atoms with Crippen LogP contribution in [0.15, 0.2) is 53.6 Å². The molecule has 2 N–H and O–H groups in total. The van der Waals surface area contributed by atoms with E-state index in [2.05, 4.69) is 15.8 Å². The van der Waals surface area contributed by atoms with Crippen LogP contribution in [0.2, 0.25) is 5.02 Å². The van der Waals surface area contributed by atoms with Crippen LogP contribution in [0.4, 0.5) is 5.69 Å². The highest BCUT2D eigenvalue weighted by molar-refractivity contribution is 6.30. The van der Waals surface area contributed by atoms with Crippen molar-refractivity contribution in [2.45, 2.75) is 6.92 Å². The van der Waals surface area contributed by atoms with Crippen molar-refractivity contribution in [2.75, 3.05) is 11.9 Å². The molecule has 0 aliphatic rings. The third-order valence-corrected chi connectivity index (χ3v) is 3.11. The average molecular weight is 302 g/mol. The lowest BCUT2D eigenvalue weighted by molar-refractivity contribution is -0.119. The molecule has 0 spiro atoms. The van der Waals surface area contributed by atoms with Crippen LogP contribution in [0.5, 0.6) is 0 Å². The van der Waals surface area contributed by atoms with Gasteiger partial charge in [-0.1, -0.05) is 41.9 Å². The van der Waals surface area contributed by atoms with E-state index in [1.54, 1.807) is 18.3 Å². The predicted molar refractivity (Wildman–Crippen MR) is 86.9 cm³/mol. The Hall–Kier alpha value is -2.33. The number of nitrogens with zero attached hydrogens (tertiary/aromatic N) is 1. The molecule has 108 valence electrons. The molecule has 2 aromatic rings. The number of benzene rings is 2. The summed E-state index contributed by atoms with van der Waals surface area (Å²) in [4.78, 5) is 11.7. The zero-order chi connectivity index (χ0) is 15.1. The highest BCUT2D eigenvalue weighted by atomic mass is 35.5. The van der Waals surface area contributed by atoms with Crippen LogP contribution < -0.4 is 10.7 Å². The summed E-state index contributed by atoms with van der Waals surface area (Å²) in [5.41, 5.74) is 5.37. The predicted octanol–water partition coefficient (Wildman–Crippen LogP) is 3.21. The largest absolute Gasteiger partial charge is 0.376 e. The number of hydrogen-bond acceptors (Lipinski definition) is 3. The second kappa shape index (κ2) is 7.45. The van der Waals surface area contributed by atoms with E-state index in [9.17, 15) is 4.79 Å². The molecule has 5 heteroatoms. The fraction of sp³-hybridized carbons (Fsp3) is 0.125. The fourth-order valence-corrected chi connectivity index (χ4v) is 1.84. The lowest BCUT2D eigenvalue weighted by Gasteiger charge is -2.07. The first-order valence-electron chi connectivity index (χ1n) is 6.52. The maximum Gasteiger partial charge on any atom is 0.259 e. The maximum absolute atomic E-state index is 11.7. The minimum atomic E-state index is -0.205. The van der Waals surface area contributed by atoms with Crippen LogP contribution in [0.25, 0.3) is 0 Å². The van der Waals surface area contributed by atoms with E-state index in [0.717, 1.165) is 16.8 Å². The van der Waals surface area contributed by atoms with Crippen molar-refractivity contribution >= 4 is 29.4 Å². The Morgan fingerprint density at radius 2 is 1.90 bits per heavy atom. The molecule has 0 saturated carbocycles. The maximum atomic E-state index is 11.7. The summed E-state index contributed by atoms with van der Waals surface area (Å²) in [7, 11) is 0. The lowest BCUT2D eigenvalue weighted by Crippen LogP contribution is -2.26. The van der Waals surface area contributed by atoms with Crippen LogP contribution in [0.1, 0.15) is 11.1 Å². The van der Waals surface area contributed by atoms with Gasteiger partial charge in [-0.15, -0.1) is 0 Å².